The molecule has 1 aromatic rings. The number of carbonyl (C=O) groups excluding carboxylic acids is 3. The minimum atomic E-state index is -0.815. The fraction of sp³-hybridized carbons (Fsp3) is 0.471. The highest BCUT2D eigenvalue weighted by molar-refractivity contribution is 6.30. The molecule has 0 unspecified atom stereocenters. The lowest BCUT2D eigenvalue weighted by Gasteiger charge is -2.33. The Kier molecular flexibility index (Phi) is 4.49. The molecule has 0 atom stereocenters. The van der Waals surface area contributed by atoms with Crippen molar-refractivity contribution in [2.24, 2.45) is 5.92 Å². The van der Waals surface area contributed by atoms with E-state index in [0.717, 1.165) is 17.7 Å². The molecule has 0 radical (unpaired) electrons. The van der Waals surface area contributed by atoms with E-state index in [1.54, 1.807) is 24.3 Å². The number of halogens is 1. The average Bonchev–Trinajstić information content (AvgIpc) is 2.77. The van der Waals surface area contributed by atoms with Crippen molar-refractivity contribution in [3.8, 4) is 0 Å². The highest BCUT2D eigenvalue weighted by Gasteiger charge is 2.52. The van der Waals surface area contributed by atoms with Gasteiger partial charge in [0.15, 0.2) is 0 Å². The number of nitrogens with zero attached hydrogens (tertiary/aromatic N) is 1. The van der Waals surface area contributed by atoms with Crippen molar-refractivity contribution in [3.05, 3.63) is 29.3 Å². The van der Waals surface area contributed by atoms with E-state index < -0.39 is 17.5 Å². The Morgan fingerprint density at radius 3 is 2.54 bits per heavy atom. The molecule has 0 aromatic heterocycles. The molecule has 1 aromatic carbocycles. The minimum Gasteiger partial charge on any atom is -0.325 e. The van der Waals surface area contributed by atoms with Crippen LogP contribution < -0.4 is 10.6 Å². The normalized spacial score (nSPS) is 26.6. The molecule has 0 bridgehead atoms. The Hall–Kier alpha value is -2.08. The van der Waals surface area contributed by atoms with Crippen molar-refractivity contribution in [2.75, 3.05) is 11.9 Å². The number of carbonyl (C=O) groups is 3. The predicted molar refractivity (Wildman–Crippen MR) is 90.7 cm³/mol. The topological polar surface area (TPSA) is 78.5 Å². The lowest BCUT2D eigenvalue weighted by Crippen LogP contribution is -2.49. The molecule has 7 heteroatoms. The van der Waals surface area contributed by atoms with E-state index in [0.29, 0.717) is 29.5 Å². The molecule has 2 aliphatic rings. The highest BCUT2D eigenvalue weighted by Crippen LogP contribution is 2.36. The Morgan fingerprint density at radius 1 is 1.29 bits per heavy atom. The molecule has 1 saturated carbocycles. The molecule has 24 heavy (non-hydrogen) atoms. The first-order valence-electron chi connectivity index (χ1n) is 8.09. The Bertz CT molecular complexity index is 666. The number of rotatable bonds is 3. The van der Waals surface area contributed by atoms with Gasteiger partial charge in [-0.15, -0.1) is 0 Å². The number of amides is 4. The van der Waals surface area contributed by atoms with Gasteiger partial charge in [-0.25, -0.2) is 4.79 Å². The molecule has 128 valence electrons. The molecule has 1 aliphatic carbocycles. The van der Waals surface area contributed by atoms with Gasteiger partial charge in [-0.2, -0.15) is 0 Å². The summed E-state index contributed by atoms with van der Waals surface area (Å²) in [7, 11) is 0. The van der Waals surface area contributed by atoms with Crippen molar-refractivity contribution in [1.82, 2.24) is 10.2 Å². The van der Waals surface area contributed by atoms with Crippen molar-refractivity contribution >= 4 is 35.1 Å². The van der Waals surface area contributed by atoms with Crippen LogP contribution in [0.4, 0.5) is 10.5 Å². The van der Waals surface area contributed by atoms with Crippen LogP contribution in [-0.4, -0.2) is 34.8 Å². The third-order valence-corrected chi connectivity index (χ3v) is 5.06. The number of imide groups is 1. The summed E-state index contributed by atoms with van der Waals surface area (Å²) in [4.78, 5) is 38.0. The molecule has 1 saturated heterocycles. The zero-order chi connectivity index (χ0) is 17.3. The van der Waals surface area contributed by atoms with E-state index >= 15 is 0 Å². The first-order chi connectivity index (χ1) is 11.4. The van der Waals surface area contributed by atoms with E-state index in [9.17, 15) is 14.4 Å². The van der Waals surface area contributed by atoms with Gasteiger partial charge in [0, 0.05) is 10.7 Å². The largest absolute Gasteiger partial charge is 0.325 e. The van der Waals surface area contributed by atoms with Crippen molar-refractivity contribution in [2.45, 2.75) is 38.1 Å². The highest BCUT2D eigenvalue weighted by atomic mass is 35.5. The van der Waals surface area contributed by atoms with Crippen molar-refractivity contribution in [1.29, 1.82) is 0 Å². The molecule has 6 nitrogen and oxygen atoms in total. The molecule has 4 amide bonds. The molecule has 3 rings (SSSR count). The van der Waals surface area contributed by atoms with Crippen molar-refractivity contribution in [3.63, 3.8) is 0 Å². The summed E-state index contributed by atoms with van der Waals surface area (Å²) in [5.41, 5.74) is -0.248. The monoisotopic (exact) mass is 349 g/mol. The molecule has 2 N–H and O–H groups in total. The molecular formula is C17H20ClN3O3. The summed E-state index contributed by atoms with van der Waals surface area (Å²) >= 11 is 5.80. The number of hydrogen-bond acceptors (Lipinski definition) is 3. The lowest BCUT2D eigenvalue weighted by atomic mass is 9.77. The van der Waals surface area contributed by atoms with Gasteiger partial charge >= 0.3 is 6.03 Å². The van der Waals surface area contributed by atoms with Crippen LogP contribution in [0.15, 0.2) is 24.3 Å². The third-order valence-electron chi connectivity index (χ3n) is 4.80. The molecule has 1 spiro atoms. The van der Waals surface area contributed by atoms with Crippen LogP contribution in [0.1, 0.15) is 32.6 Å². The van der Waals surface area contributed by atoms with E-state index in [1.807, 2.05) is 0 Å². The summed E-state index contributed by atoms with van der Waals surface area (Å²) in [6.07, 6.45) is 3.07. The maximum absolute atomic E-state index is 12.7. The number of nitrogens with one attached hydrogen (secondary N) is 2. The van der Waals surface area contributed by atoms with Crippen LogP contribution in [0.2, 0.25) is 5.02 Å². The van der Waals surface area contributed by atoms with Gasteiger partial charge in [0.25, 0.3) is 5.91 Å². The smallest absolute Gasteiger partial charge is 0.325 e. The van der Waals surface area contributed by atoms with Gasteiger partial charge in [0.1, 0.15) is 12.1 Å². The Labute approximate surface area is 145 Å². The quantitative estimate of drug-likeness (QED) is 0.823. The Balaban J connectivity index is 1.64. The maximum atomic E-state index is 12.7. The van der Waals surface area contributed by atoms with Gasteiger partial charge in [-0.3, -0.25) is 14.5 Å². The number of anilines is 1. The van der Waals surface area contributed by atoms with Crippen LogP contribution in [0.5, 0.6) is 0 Å². The first-order valence-corrected chi connectivity index (χ1v) is 8.47. The Morgan fingerprint density at radius 2 is 1.92 bits per heavy atom. The summed E-state index contributed by atoms with van der Waals surface area (Å²) < 4.78 is 0. The minimum absolute atomic E-state index is 0.286. The van der Waals surface area contributed by atoms with Gasteiger partial charge in [0.05, 0.1) is 0 Å². The van der Waals surface area contributed by atoms with E-state index in [4.69, 9.17) is 11.6 Å². The zero-order valence-corrected chi connectivity index (χ0v) is 14.2. The number of benzene rings is 1. The molecule has 1 heterocycles. The molecule has 2 fully saturated rings. The summed E-state index contributed by atoms with van der Waals surface area (Å²) in [6, 6.07) is 6.15. The van der Waals surface area contributed by atoms with E-state index in [2.05, 4.69) is 17.6 Å². The standard InChI is InChI=1S/C17H20ClN3O3/c1-11-6-8-17(9-7-11)15(23)21(16(24)20-17)10-14(22)19-13-4-2-12(18)3-5-13/h2-5,11H,6-10H2,1H3,(H,19,22)(H,20,24). The van der Waals surface area contributed by atoms with Gasteiger partial charge in [-0.05, 0) is 55.9 Å². The van der Waals surface area contributed by atoms with Crippen LogP contribution >= 0.6 is 11.6 Å². The number of hydrogen-bond donors (Lipinski definition) is 2. The second kappa shape index (κ2) is 6.43. The summed E-state index contributed by atoms with van der Waals surface area (Å²) in [5, 5.41) is 6.04. The van der Waals surface area contributed by atoms with E-state index in [-0.39, 0.29) is 12.5 Å². The van der Waals surface area contributed by atoms with Crippen LogP contribution in [0.3, 0.4) is 0 Å². The predicted octanol–water partition coefficient (Wildman–Crippen LogP) is 2.78. The molecular weight excluding hydrogens is 330 g/mol. The number of urea groups is 1. The second-order valence-electron chi connectivity index (χ2n) is 6.64. The SMILES string of the molecule is CC1CCC2(CC1)NC(=O)N(CC(=O)Nc1ccc(Cl)cc1)C2=O. The van der Waals surface area contributed by atoms with Gasteiger partial charge in [0.2, 0.25) is 5.91 Å². The van der Waals surface area contributed by atoms with E-state index in [1.165, 1.54) is 0 Å². The fourth-order valence-corrected chi connectivity index (χ4v) is 3.42. The second-order valence-corrected chi connectivity index (χ2v) is 7.08. The van der Waals surface area contributed by atoms with Gasteiger partial charge < -0.3 is 10.6 Å². The van der Waals surface area contributed by atoms with Crippen LogP contribution in [0, 0.1) is 5.92 Å². The third kappa shape index (κ3) is 3.24. The maximum Gasteiger partial charge on any atom is 0.325 e. The molecule has 1 aliphatic heterocycles. The summed E-state index contributed by atoms with van der Waals surface area (Å²) in [5.74, 6) is -0.143. The van der Waals surface area contributed by atoms with Gasteiger partial charge in [-0.1, -0.05) is 18.5 Å². The summed E-state index contributed by atoms with van der Waals surface area (Å²) in [6.45, 7) is 1.86. The van der Waals surface area contributed by atoms with Crippen LogP contribution in [-0.2, 0) is 9.59 Å². The first kappa shape index (κ1) is 16.8. The zero-order valence-electron chi connectivity index (χ0n) is 13.5. The van der Waals surface area contributed by atoms with Crippen molar-refractivity contribution < 1.29 is 14.4 Å². The van der Waals surface area contributed by atoms with Crippen LogP contribution in [0.25, 0.3) is 0 Å². The fourth-order valence-electron chi connectivity index (χ4n) is 3.29. The average molecular weight is 350 g/mol. The lowest BCUT2D eigenvalue weighted by molar-refractivity contribution is -0.135.